The molecule has 2 aromatic rings. The number of halogens is 1. The fraction of sp³-hybridized carbons (Fsp3) is 0.154. The van der Waals surface area contributed by atoms with Gasteiger partial charge in [0.15, 0.2) is 11.6 Å². The van der Waals surface area contributed by atoms with Crippen molar-refractivity contribution in [3.63, 3.8) is 0 Å². The maximum absolute atomic E-state index is 13.4. The Morgan fingerprint density at radius 3 is 2.89 bits per heavy atom. The maximum atomic E-state index is 13.4. The van der Waals surface area contributed by atoms with Crippen molar-refractivity contribution in [3.8, 4) is 5.75 Å². The van der Waals surface area contributed by atoms with Gasteiger partial charge in [-0.05, 0) is 23.6 Å². The fourth-order valence-corrected chi connectivity index (χ4v) is 2.22. The van der Waals surface area contributed by atoms with Crippen molar-refractivity contribution < 1.29 is 13.9 Å². The van der Waals surface area contributed by atoms with Gasteiger partial charge in [0, 0.05) is 16.6 Å². The van der Waals surface area contributed by atoms with Crippen molar-refractivity contribution in [2.45, 2.75) is 6.42 Å². The molecule has 0 saturated heterocycles. The summed E-state index contributed by atoms with van der Waals surface area (Å²) in [7, 11) is 1.40. The number of hydrogen-bond acceptors (Lipinski definition) is 3. The van der Waals surface area contributed by atoms with Gasteiger partial charge in [0.1, 0.15) is 0 Å². The predicted octanol–water partition coefficient (Wildman–Crippen LogP) is 3.08. The molecular weight excluding hydrogens is 253 g/mol. The average molecular weight is 265 g/mol. The lowest BCUT2D eigenvalue weighted by molar-refractivity contribution is -0.115. The van der Waals surface area contributed by atoms with Crippen LogP contribution in [0.5, 0.6) is 5.75 Å². The molecule has 0 radical (unpaired) electrons. The second-order valence-electron chi connectivity index (χ2n) is 3.65. The number of rotatable bonds is 4. The first-order chi connectivity index (χ1) is 8.69. The summed E-state index contributed by atoms with van der Waals surface area (Å²) >= 11 is 1.52. The zero-order valence-corrected chi connectivity index (χ0v) is 10.6. The molecule has 1 N–H and O–H groups in total. The number of ether oxygens (including phenoxy) is 1. The van der Waals surface area contributed by atoms with Crippen LogP contribution in [-0.4, -0.2) is 13.0 Å². The van der Waals surface area contributed by atoms with E-state index in [-0.39, 0.29) is 11.7 Å². The van der Waals surface area contributed by atoms with E-state index < -0.39 is 5.82 Å². The summed E-state index contributed by atoms with van der Waals surface area (Å²) < 4.78 is 18.2. The van der Waals surface area contributed by atoms with Crippen LogP contribution in [0.3, 0.4) is 0 Å². The number of carbonyl (C=O) groups is 1. The molecule has 3 nitrogen and oxygen atoms in total. The molecule has 0 aliphatic heterocycles. The third-order valence-electron chi connectivity index (χ3n) is 2.35. The molecular formula is C13H12FNO2S. The SMILES string of the molecule is COc1ccc(NC(=O)Cc2cccs2)cc1F. The molecule has 1 heterocycles. The van der Waals surface area contributed by atoms with E-state index in [0.29, 0.717) is 12.1 Å². The van der Waals surface area contributed by atoms with Gasteiger partial charge in [-0.1, -0.05) is 6.07 Å². The van der Waals surface area contributed by atoms with Crippen LogP contribution in [0.1, 0.15) is 4.88 Å². The topological polar surface area (TPSA) is 38.3 Å². The minimum absolute atomic E-state index is 0.159. The molecule has 1 aromatic carbocycles. The van der Waals surface area contributed by atoms with Crippen LogP contribution in [0.2, 0.25) is 0 Å². The minimum atomic E-state index is -0.494. The average Bonchev–Trinajstić information content (AvgIpc) is 2.82. The van der Waals surface area contributed by atoms with Gasteiger partial charge in [0.05, 0.1) is 13.5 Å². The van der Waals surface area contributed by atoms with E-state index in [2.05, 4.69) is 5.32 Å². The molecule has 2 rings (SSSR count). The third-order valence-corrected chi connectivity index (χ3v) is 3.23. The number of methoxy groups -OCH3 is 1. The van der Waals surface area contributed by atoms with Gasteiger partial charge in [0.2, 0.25) is 5.91 Å². The van der Waals surface area contributed by atoms with Crippen molar-refractivity contribution in [3.05, 3.63) is 46.4 Å². The van der Waals surface area contributed by atoms with Gasteiger partial charge in [-0.15, -0.1) is 11.3 Å². The lowest BCUT2D eigenvalue weighted by Gasteiger charge is -2.06. The van der Waals surface area contributed by atoms with Crippen LogP contribution in [0.15, 0.2) is 35.7 Å². The molecule has 0 bridgehead atoms. The van der Waals surface area contributed by atoms with E-state index in [1.807, 2.05) is 17.5 Å². The molecule has 1 amide bonds. The van der Waals surface area contributed by atoms with E-state index in [0.717, 1.165) is 4.88 Å². The Morgan fingerprint density at radius 1 is 1.44 bits per heavy atom. The lowest BCUT2D eigenvalue weighted by atomic mass is 10.2. The van der Waals surface area contributed by atoms with Gasteiger partial charge in [0.25, 0.3) is 0 Å². The summed E-state index contributed by atoms with van der Waals surface area (Å²) in [5.41, 5.74) is 0.426. The van der Waals surface area contributed by atoms with E-state index >= 15 is 0 Å². The van der Waals surface area contributed by atoms with E-state index in [4.69, 9.17) is 4.74 Å². The molecule has 94 valence electrons. The number of thiophene rings is 1. The first-order valence-corrected chi connectivity index (χ1v) is 6.23. The summed E-state index contributed by atoms with van der Waals surface area (Å²) in [6, 6.07) is 8.11. The van der Waals surface area contributed by atoms with Crippen molar-refractivity contribution in [2.24, 2.45) is 0 Å². The monoisotopic (exact) mass is 265 g/mol. The Bertz CT molecular complexity index is 540. The number of hydrogen-bond donors (Lipinski definition) is 1. The van der Waals surface area contributed by atoms with E-state index in [9.17, 15) is 9.18 Å². The zero-order chi connectivity index (χ0) is 13.0. The predicted molar refractivity (Wildman–Crippen MR) is 69.6 cm³/mol. The highest BCUT2D eigenvalue weighted by molar-refractivity contribution is 7.10. The molecule has 18 heavy (non-hydrogen) atoms. The van der Waals surface area contributed by atoms with Crippen LogP contribution in [0, 0.1) is 5.82 Å². The normalized spacial score (nSPS) is 10.1. The van der Waals surface area contributed by atoms with Gasteiger partial charge in [-0.25, -0.2) is 4.39 Å². The molecule has 5 heteroatoms. The standard InChI is InChI=1S/C13H12FNO2S/c1-17-12-5-4-9(7-11(12)14)15-13(16)8-10-3-2-6-18-10/h2-7H,8H2,1H3,(H,15,16). The molecule has 0 aliphatic rings. The van der Waals surface area contributed by atoms with Crippen LogP contribution in [-0.2, 0) is 11.2 Å². The van der Waals surface area contributed by atoms with Crippen molar-refractivity contribution in [2.75, 3.05) is 12.4 Å². The Labute approximate surface area is 108 Å². The largest absolute Gasteiger partial charge is 0.494 e. The van der Waals surface area contributed by atoms with Crippen molar-refractivity contribution in [1.82, 2.24) is 0 Å². The Kier molecular flexibility index (Phi) is 3.94. The maximum Gasteiger partial charge on any atom is 0.229 e. The van der Waals surface area contributed by atoms with Gasteiger partial charge in [-0.2, -0.15) is 0 Å². The van der Waals surface area contributed by atoms with Crippen LogP contribution >= 0.6 is 11.3 Å². The van der Waals surface area contributed by atoms with E-state index in [1.165, 1.54) is 30.6 Å². The fourth-order valence-electron chi connectivity index (χ4n) is 1.52. The summed E-state index contributed by atoms with van der Waals surface area (Å²) in [5.74, 6) is -0.500. The number of nitrogens with one attached hydrogen (secondary N) is 1. The summed E-state index contributed by atoms with van der Waals surface area (Å²) in [4.78, 5) is 12.7. The highest BCUT2D eigenvalue weighted by Gasteiger charge is 2.07. The molecule has 0 spiro atoms. The second-order valence-corrected chi connectivity index (χ2v) is 4.69. The molecule has 0 fully saturated rings. The molecule has 0 saturated carbocycles. The number of benzene rings is 1. The van der Waals surface area contributed by atoms with Gasteiger partial charge < -0.3 is 10.1 Å². The number of amides is 1. The van der Waals surface area contributed by atoms with Crippen LogP contribution in [0.4, 0.5) is 10.1 Å². The van der Waals surface area contributed by atoms with Crippen LogP contribution < -0.4 is 10.1 Å². The Balaban J connectivity index is 2.01. The first kappa shape index (κ1) is 12.6. The highest BCUT2D eigenvalue weighted by atomic mass is 32.1. The third kappa shape index (κ3) is 3.07. The van der Waals surface area contributed by atoms with Crippen molar-refractivity contribution in [1.29, 1.82) is 0 Å². The molecule has 0 aliphatic carbocycles. The highest BCUT2D eigenvalue weighted by Crippen LogP contribution is 2.21. The number of carbonyl (C=O) groups excluding carboxylic acids is 1. The lowest BCUT2D eigenvalue weighted by Crippen LogP contribution is -2.13. The Morgan fingerprint density at radius 2 is 2.28 bits per heavy atom. The van der Waals surface area contributed by atoms with Gasteiger partial charge in [-0.3, -0.25) is 4.79 Å². The first-order valence-electron chi connectivity index (χ1n) is 5.35. The smallest absolute Gasteiger partial charge is 0.229 e. The summed E-state index contributed by atoms with van der Waals surface area (Å²) in [5, 5.41) is 4.56. The molecule has 0 unspecified atom stereocenters. The quantitative estimate of drug-likeness (QED) is 0.922. The molecule has 1 aromatic heterocycles. The summed E-state index contributed by atoms with van der Waals surface area (Å²) in [6.07, 6.45) is 0.297. The zero-order valence-electron chi connectivity index (χ0n) is 9.77. The van der Waals surface area contributed by atoms with Crippen LogP contribution in [0.25, 0.3) is 0 Å². The summed E-state index contributed by atoms with van der Waals surface area (Å²) in [6.45, 7) is 0. The second kappa shape index (κ2) is 5.64. The van der Waals surface area contributed by atoms with E-state index in [1.54, 1.807) is 6.07 Å². The minimum Gasteiger partial charge on any atom is -0.494 e. The van der Waals surface area contributed by atoms with Crippen molar-refractivity contribution >= 4 is 22.9 Å². The van der Waals surface area contributed by atoms with Gasteiger partial charge >= 0.3 is 0 Å². The Hall–Kier alpha value is -1.88. The number of anilines is 1. The molecule has 0 atom stereocenters.